The van der Waals surface area contributed by atoms with Crippen LogP contribution in [0.5, 0.6) is 11.5 Å². The molecule has 1 aliphatic rings. The highest BCUT2D eigenvalue weighted by Crippen LogP contribution is 2.40. The number of rotatable bonds is 6. The summed E-state index contributed by atoms with van der Waals surface area (Å²) < 4.78 is 56.1. The van der Waals surface area contributed by atoms with Crippen molar-refractivity contribution in [1.29, 1.82) is 0 Å². The average Bonchev–Trinajstić information content (AvgIpc) is 3.20. The molecular formula is C26H21N3O7S2. The molecule has 5 rings (SSSR count). The Balaban J connectivity index is 1.52. The molecule has 194 valence electrons. The molecule has 10 nitrogen and oxygen atoms in total. The first-order chi connectivity index (χ1) is 18.0. The summed E-state index contributed by atoms with van der Waals surface area (Å²) in [5.41, 5.74) is 2.17. The second-order valence-corrected chi connectivity index (χ2v) is 12.2. The number of nitrogens with zero attached hydrogens (tertiary/aromatic N) is 2. The molecule has 4 aromatic carbocycles. The van der Waals surface area contributed by atoms with Gasteiger partial charge in [-0.1, -0.05) is 29.4 Å². The summed E-state index contributed by atoms with van der Waals surface area (Å²) in [4.78, 5) is -0.209. The molecule has 0 saturated carbocycles. The van der Waals surface area contributed by atoms with E-state index in [1.165, 1.54) is 79.8 Å². The summed E-state index contributed by atoms with van der Waals surface area (Å²) in [7, 11) is -6.78. The Morgan fingerprint density at radius 1 is 0.711 bits per heavy atom. The van der Waals surface area contributed by atoms with E-state index >= 15 is 0 Å². The monoisotopic (exact) mass is 551 g/mol. The smallest absolute Gasteiger partial charge is 0.264 e. The number of oxime groups is 1. The summed E-state index contributed by atoms with van der Waals surface area (Å²) in [6.07, 6.45) is 0. The Morgan fingerprint density at radius 3 is 1.89 bits per heavy atom. The van der Waals surface area contributed by atoms with E-state index < -0.39 is 20.0 Å². The summed E-state index contributed by atoms with van der Waals surface area (Å²) in [5, 5.41) is 32.6. The molecule has 38 heavy (non-hydrogen) atoms. The minimum Gasteiger partial charge on any atom is -0.508 e. The average molecular weight is 552 g/mol. The number of hydrogen-bond donors (Lipinski definition) is 4. The van der Waals surface area contributed by atoms with Gasteiger partial charge in [0.05, 0.1) is 21.2 Å². The number of phenolic OH excluding ortho intramolecular Hbond substituents is 2. The molecule has 0 heterocycles. The van der Waals surface area contributed by atoms with Gasteiger partial charge in [0, 0.05) is 30.3 Å². The third-order valence-electron chi connectivity index (χ3n) is 6.14. The number of fused-ring (bicyclic) bond motifs is 3. The van der Waals surface area contributed by atoms with Crippen LogP contribution in [0.4, 0.5) is 11.4 Å². The zero-order valence-corrected chi connectivity index (χ0v) is 21.4. The second kappa shape index (κ2) is 9.08. The van der Waals surface area contributed by atoms with Crippen LogP contribution in [0.25, 0.3) is 11.1 Å². The van der Waals surface area contributed by atoms with Gasteiger partial charge in [-0.15, -0.1) is 0 Å². The maximum absolute atomic E-state index is 13.3. The van der Waals surface area contributed by atoms with Crippen LogP contribution in [-0.4, -0.2) is 45.0 Å². The highest BCUT2D eigenvalue weighted by atomic mass is 32.2. The zero-order valence-electron chi connectivity index (χ0n) is 19.8. The molecule has 4 N–H and O–H groups in total. The molecule has 0 bridgehead atoms. The van der Waals surface area contributed by atoms with Crippen LogP contribution >= 0.6 is 0 Å². The summed E-state index contributed by atoms with van der Waals surface area (Å²) in [6, 6.07) is 20.0. The van der Waals surface area contributed by atoms with Crippen LogP contribution in [0.15, 0.2) is 99.9 Å². The quantitative estimate of drug-likeness (QED) is 0.184. The van der Waals surface area contributed by atoms with Gasteiger partial charge in [-0.05, 0) is 59.7 Å². The van der Waals surface area contributed by atoms with Crippen LogP contribution in [0.3, 0.4) is 0 Å². The van der Waals surface area contributed by atoms with Gasteiger partial charge in [-0.25, -0.2) is 16.8 Å². The predicted molar refractivity (Wildman–Crippen MR) is 142 cm³/mol. The lowest BCUT2D eigenvalue weighted by atomic mass is 10.1. The molecule has 0 amide bonds. The molecule has 0 atom stereocenters. The van der Waals surface area contributed by atoms with E-state index in [2.05, 4.69) is 9.88 Å². The largest absolute Gasteiger partial charge is 0.508 e. The highest BCUT2D eigenvalue weighted by molar-refractivity contribution is 7.93. The van der Waals surface area contributed by atoms with Crippen molar-refractivity contribution in [3.8, 4) is 22.6 Å². The van der Waals surface area contributed by atoms with E-state index in [9.17, 15) is 32.3 Å². The molecule has 0 aliphatic heterocycles. The molecule has 0 radical (unpaired) electrons. The van der Waals surface area contributed by atoms with Gasteiger partial charge in [-0.3, -0.25) is 9.03 Å². The fraction of sp³-hybridized carbons (Fsp3) is 0.0385. The Hall–Kier alpha value is -4.55. The van der Waals surface area contributed by atoms with Crippen LogP contribution in [0.2, 0.25) is 0 Å². The topological polar surface area (TPSA) is 157 Å². The van der Waals surface area contributed by atoms with Crippen molar-refractivity contribution in [2.45, 2.75) is 9.79 Å². The second-order valence-electron chi connectivity index (χ2n) is 8.51. The molecule has 0 saturated heterocycles. The van der Waals surface area contributed by atoms with Gasteiger partial charge in [0.25, 0.3) is 20.0 Å². The van der Waals surface area contributed by atoms with Crippen molar-refractivity contribution in [1.82, 2.24) is 0 Å². The maximum atomic E-state index is 13.3. The number of benzene rings is 4. The minimum atomic E-state index is -4.07. The molecule has 4 aromatic rings. The number of nitrogens with one attached hydrogen (secondary N) is 1. The molecule has 0 unspecified atom stereocenters. The summed E-state index contributed by atoms with van der Waals surface area (Å²) >= 11 is 0. The fourth-order valence-corrected chi connectivity index (χ4v) is 6.55. The first kappa shape index (κ1) is 25.1. The highest BCUT2D eigenvalue weighted by Gasteiger charge is 2.31. The van der Waals surface area contributed by atoms with Gasteiger partial charge in [-0.2, -0.15) is 0 Å². The van der Waals surface area contributed by atoms with Gasteiger partial charge in [0.15, 0.2) is 0 Å². The number of aromatic hydroxyl groups is 2. The molecule has 0 aromatic heterocycles. The van der Waals surface area contributed by atoms with Crippen molar-refractivity contribution >= 4 is 37.1 Å². The van der Waals surface area contributed by atoms with E-state index in [0.717, 1.165) is 4.31 Å². The lowest BCUT2D eigenvalue weighted by Crippen LogP contribution is -2.26. The first-order valence-corrected chi connectivity index (χ1v) is 14.0. The molecule has 0 fully saturated rings. The lowest BCUT2D eigenvalue weighted by Gasteiger charge is -2.20. The first-order valence-electron chi connectivity index (χ1n) is 11.1. The predicted octanol–water partition coefficient (Wildman–Crippen LogP) is 3.93. The van der Waals surface area contributed by atoms with Gasteiger partial charge in [0.1, 0.15) is 17.2 Å². The van der Waals surface area contributed by atoms with E-state index in [1.807, 2.05) is 0 Å². The maximum Gasteiger partial charge on any atom is 0.264 e. The van der Waals surface area contributed by atoms with Crippen molar-refractivity contribution in [3.63, 3.8) is 0 Å². The van der Waals surface area contributed by atoms with Gasteiger partial charge in [0.2, 0.25) is 0 Å². The van der Waals surface area contributed by atoms with E-state index in [4.69, 9.17) is 0 Å². The van der Waals surface area contributed by atoms with Crippen molar-refractivity contribution < 1.29 is 32.3 Å². The van der Waals surface area contributed by atoms with Crippen molar-refractivity contribution in [2.24, 2.45) is 5.16 Å². The van der Waals surface area contributed by atoms with Crippen LogP contribution < -0.4 is 9.03 Å². The number of phenols is 2. The molecule has 0 spiro atoms. The Labute approximate surface area is 218 Å². The van der Waals surface area contributed by atoms with E-state index in [0.29, 0.717) is 22.3 Å². The summed E-state index contributed by atoms with van der Waals surface area (Å²) in [6.45, 7) is 0. The number of anilines is 2. The third kappa shape index (κ3) is 4.29. The normalized spacial score (nSPS) is 13.7. The van der Waals surface area contributed by atoms with Crippen molar-refractivity contribution in [2.75, 3.05) is 16.1 Å². The number of hydrogen-bond acceptors (Lipinski definition) is 8. The van der Waals surface area contributed by atoms with Crippen LogP contribution in [0.1, 0.15) is 11.1 Å². The Morgan fingerprint density at radius 2 is 1.29 bits per heavy atom. The van der Waals surface area contributed by atoms with Gasteiger partial charge < -0.3 is 15.4 Å². The summed E-state index contributed by atoms with van der Waals surface area (Å²) in [5.74, 6) is -0.197. The molecular weight excluding hydrogens is 530 g/mol. The third-order valence-corrected chi connectivity index (χ3v) is 9.30. The van der Waals surface area contributed by atoms with E-state index in [-0.39, 0.29) is 38.4 Å². The minimum absolute atomic E-state index is 0.0152. The van der Waals surface area contributed by atoms with Crippen LogP contribution in [0, 0.1) is 0 Å². The lowest BCUT2D eigenvalue weighted by molar-refractivity contribution is 0.320. The van der Waals surface area contributed by atoms with Crippen LogP contribution in [-0.2, 0) is 20.0 Å². The zero-order chi connectivity index (χ0) is 27.2. The Kier molecular flexibility index (Phi) is 6.00. The molecule has 12 heteroatoms. The standard InChI is InChI=1S/C26H21N3O7S2/c1-29(17-5-3-7-19(31)13-17)38(35,36)21-9-11-23-22-10-8-20(14-24(22)26(27-32)25(23)15-21)37(33,34)28-16-4-2-6-18(30)12-16/h2-15,28,30-32H,1H3/b27-26+. The fourth-order valence-electron chi connectivity index (χ4n) is 4.26. The molecule has 1 aliphatic carbocycles. The number of sulfonamides is 2. The SMILES string of the molecule is CN(c1cccc(O)c1)S(=O)(=O)c1ccc2c(c1)/C(=N/O)c1cc(S(=O)(=O)Nc3cccc(O)c3)ccc1-2. The Bertz CT molecular complexity index is 1840. The van der Waals surface area contributed by atoms with Crippen molar-refractivity contribution in [3.05, 3.63) is 96.1 Å². The van der Waals surface area contributed by atoms with E-state index in [1.54, 1.807) is 12.1 Å². The van der Waals surface area contributed by atoms with Gasteiger partial charge >= 0.3 is 0 Å².